The highest BCUT2D eigenvalue weighted by atomic mass is 16.6. The van der Waals surface area contributed by atoms with Crippen LogP contribution >= 0.6 is 0 Å². The van der Waals surface area contributed by atoms with Crippen LogP contribution in [0, 0.1) is 22.0 Å². The van der Waals surface area contributed by atoms with Crippen molar-refractivity contribution in [3.8, 4) is 0 Å². The van der Waals surface area contributed by atoms with E-state index < -0.39 is 46.8 Å². The van der Waals surface area contributed by atoms with Crippen molar-refractivity contribution in [1.82, 2.24) is 5.06 Å². The lowest BCUT2D eigenvalue weighted by molar-refractivity contribution is -0.384. The number of carbonyl (C=O) groups excluding carboxylic acids is 3. The van der Waals surface area contributed by atoms with Crippen LogP contribution in [0.5, 0.6) is 0 Å². The molecule has 1 fully saturated rings. The zero-order chi connectivity index (χ0) is 20.3. The number of esters is 3. The molecule has 1 N–H and O–H groups in total. The van der Waals surface area contributed by atoms with Gasteiger partial charge in [-0.25, -0.2) is 0 Å². The molecule has 1 aromatic carbocycles. The second-order valence-corrected chi connectivity index (χ2v) is 5.74. The number of hydrogen-bond donors (Lipinski definition) is 1. The molecule has 27 heavy (non-hydrogen) atoms. The first kappa shape index (κ1) is 20.3. The Hall–Kier alpha value is -3.05. The fourth-order valence-corrected chi connectivity index (χ4v) is 3.25. The van der Waals surface area contributed by atoms with Gasteiger partial charge in [0.25, 0.3) is 5.69 Å². The van der Waals surface area contributed by atoms with E-state index in [0.717, 1.165) is 21.3 Å². The Labute approximate surface area is 153 Å². The van der Waals surface area contributed by atoms with Crippen molar-refractivity contribution in [2.24, 2.45) is 11.8 Å². The maximum Gasteiger partial charge on any atom is 0.326 e. The summed E-state index contributed by atoms with van der Waals surface area (Å²) in [5, 5.41) is 21.9. The molecule has 2 rings (SSSR count). The summed E-state index contributed by atoms with van der Waals surface area (Å²) >= 11 is 0. The molecular weight excluding hydrogens is 364 g/mol. The number of methoxy groups -OCH3 is 3. The van der Waals surface area contributed by atoms with E-state index in [1.54, 1.807) is 0 Å². The van der Waals surface area contributed by atoms with Crippen LogP contribution in [0.25, 0.3) is 0 Å². The number of hydroxylamine groups is 2. The zero-order valence-corrected chi connectivity index (χ0v) is 14.7. The summed E-state index contributed by atoms with van der Waals surface area (Å²) in [6.45, 7) is 0. The minimum Gasteiger partial charge on any atom is -0.469 e. The molecule has 11 heteroatoms. The molecule has 0 saturated carbocycles. The average Bonchev–Trinajstić information content (AvgIpc) is 2.99. The van der Waals surface area contributed by atoms with Crippen LogP contribution in [0.1, 0.15) is 11.6 Å². The van der Waals surface area contributed by atoms with Crippen molar-refractivity contribution < 1.29 is 38.7 Å². The second-order valence-electron chi connectivity index (χ2n) is 5.74. The molecule has 1 saturated heterocycles. The molecule has 1 aliphatic rings. The van der Waals surface area contributed by atoms with Gasteiger partial charge in [0.1, 0.15) is 12.0 Å². The van der Waals surface area contributed by atoms with Gasteiger partial charge in [-0.2, -0.15) is 5.06 Å². The molecule has 0 spiro atoms. The molecule has 146 valence electrons. The summed E-state index contributed by atoms with van der Waals surface area (Å²) in [5.41, 5.74) is 0.0590. The van der Waals surface area contributed by atoms with Crippen molar-refractivity contribution >= 4 is 23.6 Å². The molecule has 0 unspecified atom stereocenters. The quantitative estimate of drug-likeness (QED) is 0.330. The minimum atomic E-state index is -1.52. The van der Waals surface area contributed by atoms with Crippen molar-refractivity contribution in [2.45, 2.75) is 12.1 Å². The molecule has 11 nitrogen and oxygen atoms in total. The van der Waals surface area contributed by atoms with Gasteiger partial charge in [-0.3, -0.25) is 24.5 Å². The summed E-state index contributed by atoms with van der Waals surface area (Å²) in [6, 6.07) is 2.27. The summed E-state index contributed by atoms with van der Waals surface area (Å²) in [7, 11) is 3.24. The fraction of sp³-hybridized carbons (Fsp3) is 0.438. The summed E-state index contributed by atoms with van der Waals surface area (Å²) < 4.78 is 14.1. The Bertz CT molecular complexity index is 749. The van der Waals surface area contributed by atoms with Gasteiger partial charge < -0.3 is 19.4 Å². The van der Waals surface area contributed by atoms with Gasteiger partial charge in [-0.05, 0) is 5.56 Å². The first-order valence-electron chi connectivity index (χ1n) is 7.73. The van der Waals surface area contributed by atoms with Gasteiger partial charge >= 0.3 is 17.9 Å². The van der Waals surface area contributed by atoms with Crippen molar-refractivity contribution in [3.05, 3.63) is 39.9 Å². The first-order valence-corrected chi connectivity index (χ1v) is 7.73. The van der Waals surface area contributed by atoms with Gasteiger partial charge in [-0.1, -0.05) is 12.1 Å². The largest absolute Gasteiger partial charge is 0.469 e. The standard InChI is InChI=1S/C16H18N2O9/c1-25-14(19)10-11(15(20)26-2)13(16(21)27-3)17(22)12(10)8-4-6-9(7-5-8)18(23)24/h4-7,10-13,22H,1-3H3/t10-,11+,12+,13-/m0/s1. The molecule has 1 heterocycles. The second kappa shape index (κ2) is 8.10. The third kappa shape index (κ3) is 3.59. The predicted octanol–water partition coefficient (Wildman–Crippen LogP) is 0.461. The first-order chi connectivity index (χ1) is 12.8. The van der Waals surface area contributed by atoms with E-state index in [9.17, 15) is 29.7 Å². The zero-order valence-electron chi connectivity index (χ0n) is 14.7. The molecule has 1 aliphatic heterocycles. The van der Waals surface area contributed by atoms with Gasteiger partial charge in [0.05, 0.1) is 38.2 Å². The van der Waals surface area contributed by atoms with Crippen LogP contribution in [-0.4, -0.2) is 60.5 Å². The third-order valence-corrected chi connectivity index (χ3v) is 4.47. The van der Waals surface area contributed by atoms with Crippen LogP contribution in [0.3, 0.4) is 0 Å². The minimum absolute atomic E-state index is 0.204. The Balaban J connectivity index is 2.58. The summed E-state index contributed by atoms with van der Waals surface area (Å²) in [5.74, 6) is -5.44. The van der Waals surface area contributed by atoms with E-state index in [0.29, 0.717) is 5.06 Å². The van der Waals surface area contributed by atoms with Crippen LogP contribution in [0.4, 0.5) is 5.69 Å². The van der Waals surface area contributed by atoms with Gasteiger partial charge in [0, 0.05) is 12.1 Å². The van der Waals surface area contributed by atoms with Crippen molar-refractivity contribution in [3.63, 3.8) is 0 Å². The number of benzene rings is 1. The molecule has 0 radical (unpaired) electrons. The van der Waals surface area contributed by atoms with E-state index in [2.05, 4.69) is 9.47 Å². The van der Waals surface area contributed by atoms with Crippen molar-refractivity contribution in [1.29, 1.82) is 0 Å². The number of nitrogens with zero attached hydrogens (tertiary/aromatic N) is 2. The van der Waals surface area contributed by atoms with Crippen LogP contribution in [0.2, 0.25) is 0 Å². The number of nitro groups is 1. The highest BCUT2D eigenvalue weighted by Gasteiger charge is 2.60. The predicted molar refractivity (Wildman–Crippen MR) is 86.3 cm³/mol. The monoisotopic (exact) mass is 382 g/mol. The smallest absolute Gasteiger partial charge is 0.326 e. The average molecular weight is 382 g/mol. The number of ether oxygens (including phenoxy) is 3. The summed E-state index contributed by atoms with van der Waals surface area (Å²) in [6.07, 6.45) is 0. The normalized spacial score (nSPS) is 24.9. The van der Waals surface area contributed by atoms with Gasteiger partial charge in [-0.15, -0.1) is 0 Å². The third-order valence-electron chi connectivity index (χ3n) is 4.47. The van der Waals surface area contributed by atoms with E-state index in [1.807, 2.05) is 0 Å². The van der Waals surface area contributed by atoms with E-state index in [1.165, 1.54) is 24.3 Å². The molecule has 0 aliphatic carbocycles. The van der Waals surface area contributed by atoms with Gasteiger partial charge in [0.2, 0.25) is 0 Å². The number of rotatable bonds is 5. The van der Waals surface area contributed by atoms with Crippen LogP contribution < -0.4 is 0 Å². The Morgan fingerprint density at radius 2 is 1.44 bits per heavy atom. The van der Waals surface area contributed by atoms with E-state index >= 15 is 0 Å². The Morgan fingerprint density at radius 3 is 1.89 bits per heavy atom. The lowest BCUT2D eigenvalue weighted by Gasteiger charge is -2.23. The van der Waals surface area contributed by atoms with E-state index in [4.69, 9.17) is 4.74 Å². The number of non-ortho nitro benzene ring substituents is 1. The number of nitro benzene ring substituents is 1. The van der Waals surface area contributed by atoms with Gasteiger partial charge in [0.15, 0.2) is 0 Å². The van der Waals surface area contributed by atoms with Crippen molar-refractivity contribution in [2.75, 3.05) is 21.3 Å². The topological polar surface area (TPSA) is 146 Å². The number of hydrogen-bond acceptors (Lipinski definition) is 10. The lowest BCUT2D eigenvalue weighted by atomic mass is 9.84. The summed E-state index contributed by atoms with van der Waals surface area (Å²) in [4.78, 5) is 47.0. The van der Waals surface area contributed by atoms with Crippen LogP contribution in [0.15, 0.2) is 24.3 Å². The Morgan fingerprint density at radius 1 is 0.963 bits per heavy atom. The van der Waals surface area contributed by atoms with Crippen LogP contribution in [-0.2, 0) is 28.6 Å². The SMILES string of the molecule is COC(=O)[C@@H]1[C@H](C(=O)OC)[C@@H](c2ccc([N+](=O)[O-])cc2)N(O)[C@@H]1C(=O)OC. The molecule has 4 atom stereocenters. The number of carbonyl (C=O) groups is 3. The highest BCUT2D eigenvalue weighted by Crippen LogP contribution is 2.45. The highest BCUT2D eigenvalue weighted by molar-refractivity contribution is 5.90. The lowest BCUT2D eigenvalue weighted by Crippen LogP contribution is -2.43. The fourth-order valence-electron chi connectivity index (χ4n) is 3.25. The molecule has 1 aromatic rings. The maximum atomic E-state index is 12.4. The molecule has 0 amide bonds. The Kier molecular flexibility index (Phi) is 6.08. The molecule has 0 aromatic heterocycles. The maximum absolute atomic E-state index is 12.4. The van der Waals surface area contributed by atoms with E-state index in [-0.39, 0.29) is 11.3 Å². The molecular formula is C16H18N2O9. The molecule has 0 bridgehead atoms.